The number of nitrogens with one attached hydrogen (secondary N) is 2. The number of piperidine rings is 1. The highest BCUT2D eigenvalue weighted by atomic mass is 19.3. The van der Waals surface area contributed by atoms with E-state index in [-0.39, 0.29) is 29.7 Å². The van der Waals surface area contributed by atoms with Gasteiger partial charge < -0.3 is 20.3 Å². The van der Waals surface area contributed by atoms with Gasteiger partial charge in [0, 0.05) is 26.2 Å². The van der Waals surface area contributed by atoms with E-state index < -0.39 is 12.5 Å². The van der Waals surface area contributed by atoms with Crippen LogP contribution in [-0.4, -0.2) is 56.6 Å². The van der Waals surface area contributed by atoms with E-state index in [1.54, 1.807) is 13.1 Å². The van der Waals surface area contributed by atoms with Gasteiger partial charge in [0.15, 0.2) is 0 Å². The first-order chi connectivity index (χ1) is 12.0. The first kappa shape index (κ1) is 19.1. The second-order valence-electron chi connectivity index (χ2n) is 5.86. The molecule has 0 spiro atoms. The van der Waals surface area contributed by atoms with Crippen molar-refractivity contribution >= 4 is 11.8 Å². The Labute approximate surface area is 145 Å². The lowest BCUT2D eigenvalue weighted by atomic mass is 9.96. The first-order valence-corrected chi connectivity index (χ1v) is 8.28. The van der Waals surface area contributed by atoms with Crippen LogP contribution in [0.25, 0.3) is 0 Å². The van der Waals surface area contributed by atoms with Gasteiger partial charge in [0.2, 0.25) is 5.91 Å². The number of carbonyl (C=O) groups excluding carboxylic acids is 2. The molecule has 0 bridgehead atoms. The van der Waals surface area contributed by atoms with E-state index >= 15 is 0 Å². The van der Waals surface area contributed by atoms with Crippen LogP contribution in [0, 0.1) is 5.92 Å². The molecule has 1 aliphatic rings. The van der Waals surface area contributed by atoms with Gasteiger partial charge in [-0.3, -0.25) is 9.59 Å². The lowest BCUT2D eigenvalue weighted by Gasteiger charge is -2.32. The lowest BCUT2D eigenvalue weighted by Crippen LogP contribution is -2.46. The summed E-state index contributed by atoms with van der Waals surface area (Å²) in [6.07, 6.45) is 1.39. The van der Waals surface area contributed by atoms with Crippen LogP contribution in [0.5, 0.6) is 5.75 Å². The van der Waals surface area contributed by atoms with Crippen molar-refractivity contribution < 1.29 is 23.1 Å². The number of amides is 2. The molecule has 1 unspecified atom stereocenters. The Morgan fingerprint density at radius 2 is 2.08 bits per heavy atom. The molecule has 2 amide bonds. The molecular formula is C17H23F2N3O3. The number of alkyl halides is 2. The fourth-order valence-electron chi connectivity index (χ4n) is 2.84. The average Bonchev–Trinajstić information content (AvgIpc) is 2.61. The van der Waals surface area contributed by atoms with E-state index in [0.717, 1.165) is 0 Å². The quantitative estimate of drug-likeness (QED) is 0.727. The summed E-state index contributed by atoms with van der Waals surface area (Å²) >= 11 is 0. The Hall–Kier alpha value is -2.22. The number of ether oxygens (including phenoxy) is 1. The molecule has 8 heteroatoms. The van der Waals surface area contributed by atoms with Crippen LogP contribution in [0.15, 0.2) is 24.3 Å². The molecule has 1 heterocycles. The zero-order valence-corrected chi connectivity index (χ0v) is 14.1. The molecule has 138 valence electrons. The third kappa shape index (κ3) is 5.38. The molecule has 6 nitrogen and oxygen atoms in total. The maximum atomic E-state index is 12.7. The summed E-state index contributed by atoms with van der Waals surface area (Å²) in [7, 11) is 1.80. The summed E-state index contributed by atoms with van der Waals surface area (Å²) in [5.41, 5.74) is 0.0824. The maximum absolute atomic E-state index is 12.7. The fraction of sp³-hybridized carbons (Fsp3) is 0.529. The number of rotatable bonds is 7. The zero-order chi connectivity index (χ0) is 18.2. The molecule has 2 N–H and O–H groups in total. The van der Waals surface area contributed by atoms with Gasteiger partial charge in [-0.05, 0) is 32.0 Å². The Bertz CT molecular complexity index is 598. The molecule has 1 aromatic rings. The number of likely N-dealkylation sites (tertiary alicyclic amines) is 1. The molecule has 1 saturated heterocycles. The summed E-state index contributed by atoms with van der Waals surface area (Å²) in [6.45, 7) is -1.05. The van der Waals surface area contributed by atoms with E-state index in [0.29, 0.717) is 32.5 Å². The second-order valence-corrected chi connectivity index (χ2v) is 5.86. The van der Waals surface area contributed by atoms with Gasteiger partial charge in [-0.2, -0.15) is 8.78 Å². The van der Waals surface area contributed by atoms with E-state index in [1.807, 2.05) is 0 Å². The van der Waals surface area contributed by atoms with Gasteiger partial charge in [-0.25, -0.2) is 0 Å². The summed E-state index contributed by atoms with van der Waals surface area (Å²) in [6, 6.07) is 5.92. The number of carbonyl (C=O) groups is 2. The number of halogens is 2. The SMILES string of the molecule is CNCCNC(=O)C1CCCN(C(=O)c2ccccc2OC(F)F)C1. The summed E-state index contributed by atoms with van der Waals surface area (Å²) in [5.74, 6) is -0.935. The molecule has 1 aromatic carbocycles. The molecular weight excluding hydrogens is 332 g/mol. The van der Waals surface area contributed by atoms with Crippen molar-refractivity contribution in [3.63, 3.8) is 0 Å². The highest BCUT2D eigenvalue weighted by Crippen LogP contribution is 2.25. The van der Waals surface area contributed by atoms with Crippen LogP contribution < -0.4 is 15.4 Å². The monoisotopic (exact) mass is 355 g/mol. The van der Waals surface area contributed by atoms with Gasteiger partial charge in [0.1, 0.15) is 5.75 Å². The third-order valence-electron chi connectivity index (χ3n) is 4.09. The van der Waals surface area contributed by atoms with Gasteiger partial charge in [-0.15, -0.1) is 0 Å². The predicted octanol–water partition coefficient (Wildman–Crippen LogP) is 1.48. The van der Waals surface area contributed by atoms with Crippen molar-refractivity contribution in [3.8, 4) is 5.75 Å². The number of likely N-dealkylation sites (N-methyl/N-ethyl adjacent to an activating group) is 1. The van der Waals surface area contributed by atoms with Crippen molar-refractivity contribution in [2.45, 2.75) is 19.5 Å². The summed E-state index contributed by atoms with van der Waals surface area (Å²) in [5, 5.41) is 5.77. The van der Waals surface area contributed by atoms with E-state index in [2.05, 4.69) is 15.4 Å². The van der Waals surface area contributed by atoms with Crippen molar-refractivity contribution in [1.29, 1.82) is 0 Å². The topological polar surface area (TPSA) is 70.7 Å². The molecule has 0 aliphatic carbocycles. The van der Waals surface area contributed by atoms with Crippen LogP contribution in [0.2, 0.25) is 0 Å². The fourth-order valence-corrected chi connectivity index (χ4v) is 2.84. The van der Waals surface area contributed by atoms with Crippen LogP contribution in [0.1, 0.15) is 23.2 Å². The highest BCUT2D eigenvalue weighted by Gasteiger charge is 2.30. The minimum absolute atomic E-state index is 0.0824. The molecule has 25 heavy (non-hydrogen) atoms. The van der Waals surface area contributed by atoms with Gasteiger partial charge in [0.05, 0.1) is 11.5 Å². The normalized spacial score (nSPS) is 17.4. The number of nitrogens with zero attached hydrogens (tertiary/aromatic N) is 1. The molecule has 1 fully saturated rings. The highest BCUT2D eigenvalue weighted by molar-refractivity contribution is 5.97. The minimum atomic E-state index is -3.00. The van der Waals surface area contributed by atoms with E-state index in [9.17, 15) is 18.4 Å². The van der Waals surface area contributed by atoms with Crippen molar-refractivity contribution in [3.05, 3.63) is 29.8 Å². The molecule has 0 aromatic heterocycles. The van der Waals surface area contributed by atoms with Crippen LogP contribution in [0.4, 0.5) is 8.78 Å². The Kier molecular flexibility index (Phi) is 7.12. The lowest BCUT2D eigenvalue weighted by molar-refractivity contribution is -0.126. The first-order valence-electron chi connectivity index (χ1n) is 8.28. The Balaban J connectivity index is 2.03. The van der Waals surface area contributed by atoms with Crippen molar-refractivity contribution in [1.82, 2.24) is 15.5 Å². The van der Waals surface area contributed by atoms with Gasteiger partial charge in [0.25, 0.3) is 5.91 Å². The predicted molar refractivity (Wildman–Crippen MR) is 88.6 cm³/mol. The second kappa shape index (κ2) is 9.31. The minimum Gasteiger partial charge on any atom is -0.434 e. The molecule has 1 atom stereocenters. The van der Waals surface area contributed by atoms with E-state index in [1.165, 1.54) is 23.1 Å². The third-order valence-corrected chi connectivity index (χ3v) is 4.09. The molecule has 2 rings (SSSR count). The number of para-hydroxylation sites is 1. The number of hydrogen-bond donors (Lipinski definition) is 2. The molecule has 0 saturated carbocycles. The molecule has 1 aliphatic heterocycles. The van der Waals surface area contributed by atoms with Crippen molar-refractivity contribution in [2.75, 3.05) is 33.2 Å². The zero-order valence-electron chi connectivity index (χ0n) is 14.1. The molecule has 0 radical (unpaired) electrons. The Morgan fingerprint density at radius 1 is 1.32 bits per heavy atom. The van der Waals surface area contributed by atoms with Gasteiger partial charge in [-0.1, -0.05) is 12.1 Å². The summed E-state index contributed by atoms with van der Waals surface area (Å²) in [4.78, 5) is 26.4. The summed E-state index contributed by atoms with van der Waals surface area (Å²) < 4.78 is 29.5. The van der Waals surface area contributed by atoms with Gasteiger partial charge >= 0.3 is 6.61 Å². The smallest absolute Gasteiger partial charge is 0.387 e. The number of hydrogen-bond acceptors (Lipinski definition) is 4. The van der Waals surface area contributed by atoms with Crippen LogP contribution in [-0.2, 0) is 4.79 Å². The van der Waals surface area contributed by atoms with Crippen LogP contribution >= 0.6 is 0 Å². The largest absolute Gasteiger partial charge is 0.434 e. The standard InChI is InChI=1S/C17H23F2N3O3/c1-20-8-9-21-15(23)12-5-4-10-22(11-12)16(24)13-6-2-3-7-14(13)25-17(18)19/h2-3,6-7,12,17,20H,4-5,8-11H2,1H3,(H,21,23). The van der Waals surface area contributed by atoms with Crippen molar-refractivity contribution in [2.24, 2.45) is 5.92 Å². The Morgan fingerprint density at radius 3 is 2.80 bits per heavy atom. The van der Waals surface area contributed by atoms with Crippen LogP contribution in [0.3, 0.4) is 0 Å². The maximum Gasteiger partial charge on any atom is 0.387 e. The number of benzene rings is 1. The average molecular weight is 355 g/mol. The van der Waals surface area contributed by atoms with E-state index in [4.69, 9.17) is 0 Å².